The molecule has 0 spiro atoms. The first kappa shape index (κ1) is 15.0. The van der Waals surface area contributed by atoms with Gasteiger partial charge in [-0.05, 0) is 6.42 Å². The molecule has 0 amide bonds. The molecule has 0 radical (unpaired) electrons. The van der Waals surface area contributed by atoms with E-state index in [1.807, 2.05) is 0 Å². The first-order chi connectivity index (χ1) is 7.27. The van der Waals surface area contributed by atoms with Gasteiger partial charge in [0.1, 0.15) is 6.61 Å². The Kier molecular flexibility index (Phi) is 12.1. The average Bonchev–Trinajstić information content (AvgIpc) is 2.20. The van der Waals surface area contributed by atoms with Crippen molar-refractivity contribution >= 4 is 8.25 Å². The molecule has 15 heavy (non-hydrogen) atoms. The predicted octanol–water partition coefficient (Wildman–Crippen LogP) is 4.18. The molecule has 0 aromatic rings. The lowest BCUT2D eigenvalue weighted by molar-refractivity contribution is 0.273. The maximum absolute atomic E-state index is 10.2. The molecule has 90 valence electrons. The zero-order valence-electron chi connectivity index (χ0n) is 9.78. The molecular formula is C11H24O3P+. The van der Waals surface area contributed by atoms with Crippen molar-refractivity contribution in [2.75, 3.05) is 6.61 Å². The molecule has 0 aliphatic heterocycles. The zero-order valence-corrected chi connectivity index (χ0v) is 10.7. The molecule has 0 aromatic heterocycles. The third kappa shape index (κ3) is 14.0. The average molecular weight is 235 g/mol. The fraction of sp³-hybridized carbons (Fsp3) is 1.00. The van der Waals surface area contributed by atoms with Gasteiger partial charge in [-0.2, -0.15) is 0 Å². The Morgan fingerprint density at radius 2 is 1.40 bits per heavy atom. The lowest BCUT2D eigenvalue weighted by Gasteiger charge is -1.99. The number of unbranched alkanes of at least 4 members (excludes halogenated alkanes) is 8. The van der Waals surface area contributed by atoms with Gasteiger partial charge in [0.05, 0.1) is 0 Å². The molecule has 1 unspecified atom stereocenters. The summed E-state index contributed by atoms with van der Waals surface area (Å²) in [4.78, 5) is 8.36. The highest BCUT2D eigenvalue weighted by Gasteiger charge is 2.09. The van der Waals surface area contributed by atoms with E-state index in [-0.39, 0.29) is 0 Å². The van der Waals surface area contributed by atoms with Crippen molar-refractivity contribution in [2.45, 2.75) is 64.7 Å². The molecular weight excluding hydrogens is 211 g/mol. The minimum atomic E-state index is -2.39. The van der Waals surface area contributed by atoms with Gasteiger partial charge in [-0.15, -0.1) is 9.42 Å². The van der Waals surface area contributed by atoms with Crippen LogP contribution in [0.1, 0.15) is 64.7 Å². The molecule has 0 bridgehead atoms. The fourth-order valence-corrected chi connectivity index (χ4v) is 1.84. The van der Waals surface area contributed by atoms with Crippen molar-refractivity contribution in [3.63, 3.8) is 0 Å². The summed E-state index contributed by atoms with van der Waals surface area (Å²) in [5.41, 5.74) is 0. The van der Waals surface area contributed by atoms with Crippen LogP contribution in [0.15, 0.2) is 0 Å². The van der Waals surface area contributed by atoms with Gasteiger partial charge in [0.25, 0.3) is 0 Å². The van der Waals surface area contributed by atoms with E-state index >= 15 is 0 Å². The molecule has 4 heteroatoms. The molecule has 3 nitrogen and oxygen atoms in total. The summed E-state index contributed by atoms with van der Waals surface area (Å²) >= 11 is 0. The Hall–Kier alpha value is 0.0200. The lowest BCUT2D eigenvalue weighted by Crippen LogP contribution is -1.87. The number of rotatable bonds is 11. The van der Waals surface area contributed by atoms with Crippen LogP contribution in [0.2, 0.25) is 0 Å². The molecule has 0 rings (SSSR count). The highest BCUT2D eigenvalue weighted by Crippen LogP contribution is 2.15. The van der Waals surface area contributed by atoms with Crippen molar-refractivity contribution in [3.05, 3.63) is 0 Å². The fourth-order valence-electron chi connectivity index (χ4n) is 1.56. The van der Waals surface area contributed by atoms with Gasteiger partial charge >= 0.3 is 8.25 Å². The molecule has 0 aromatic carbocycles. The molecule has 0 saturated heterocycles. The second kappa shape index (κ2) is 12.1. The largest absolute Gasteiger partial charge is 0.694 e. The minimum absolute atomic E-state index is 0.418. The summed E-state index contributed by atoms with van der Waals surface area (Å²) in [7, 11) is -2.39. The molecule has 0 aliphatic rings. The van der Waals surface area contributed by atoms with E-state index in [4.69, 9.17) is 4.89 Å². The summed E-state index contributed by atoms with van der Waals surface area (Å²) < 4.78 is 14.7. The van der Waals surface area contributed by atoms with Crippen molar-refractivity contribution in [3.8, 4) is 0 Å². The van der Waals surface area contributed by atoms with Gasteiger partial charge < -0.3 is 0 Å². The highest BCUT2D eigenvalue weighted by molar-refractivity contribution is 7.32. The van der Waals surface area contributed by atoms with E-state index in [0.717, 1.165) is 12.8 Å². The summed E-state index contributed by atoms with van der Waals surface area (Å²) in [5, 5.41) is 0. The van der Waals surface area contributed by atoms with Gasteiger partial charge in [-0.1, -0.05) is 58.3 Å². The smallest absolute Gasteiger partial charge is 0.133 e. The third-order valence-corrected chi connectivity index (χ3v) is 2.85. The zero-order chi connectivity index (χ0) is 11.4. The summed E-state index contributed by atoms with van der Waals surface area (Å²) in [6, 6.07) is 0. The second-order valence-electron chi connectivity index (χ2n) is 3.90. The van der Waals surface area contributed by atoms with Crippen LogP contribution in [0.5, 0.6) is 0 Å². The molecule has 0 fully saturated rings. The first-order valence-electron chi connectivity index (χ1n) is 6.06. The number of hydrogen-bond acceptors (Lipinski definition) is 2. The van der Waals surface area contributed by atoms with Crippen LogP contribution in [0.4, 0.5) is 0 Å². The molecule has 1 N–H and O–H groups in total. The molecule has 1 atom stereocenters. The maximum Gasteiger partial charge on any atom is 0.694 e. The van der Waals surface area contributed by atoms with Crippen LogP contribution >= 0.6 is 8.25 Å². The van der Waals surface area contributed by atoms with Gasteiger partial charge in [0, 0.05) is 4.57 Å². The Bertz CT molecular complexity index is 151. The van der Waals surface area contributed by atoms with Crippen molar-refractivity contribution in [1.29, 1.82) is 0 Å². The lowest BCUT2D eigenvalue weighted by atomic mass is 10.1. The van der Waals surface area contributed by atoms with Crippen LogP contribution in [0, 0.1) is 0 Å². The van der Waals surface area contributed by atoms with E-state index in [9.17, 15) is 4.57 Å². The van der Waals surface area contributed by atoms with Crippen LogP contribution in [-0.4, -0.2) is 11.5 Å². The number of hydrogen-bond donors (Lipinski definition) is 1. The quantitative estimate of drug-likeness (QED) is 0.431. The minimum Gasteiger partial charge on any atom is -0.133 e. The first-order valence-corrected chi connectivity index (χ1v) is 7.19. The van der Waals surface area contributed by atoms with Crippen LogP contribution in [0.25, 0.3) is 0 Å². The highest BCUT2D eigenvalue weighted by atomic mass is 31.1. The Balaban J connectivity index is 2.89. The summed E-state index contributed by atoms with van der Waals surface area (Å²) in [5.74, 6) is 0. The molecule has 0 aliphatic carbocycles. The topological polar surface area (TPSA) is 46.5 Å². The van der Waals surface area contributed by atoms with E-state index in [2.05, 4.69) is 11.4 Å². The monoisotopic (exact) mass is 235 g/mol. The normalized spacial score (nSPS) is 11.7. The van der Waals surface area contributed by atoms with Gasteiger partial charge in [0.2, 0.25) is 0 Å². The van der Waals surface area contributed by atoms with Crippen molar-refractivity contribution in [2.24, 2.45) is 0 Å². The SMILES string of the molecule is CCCCCCCCCCCO[P+](=O)O. The van der Waals surface area contributed by atoms with E-state index in [1.165, 1.54) is 44.9 Å². The molecule has 0 heterocycles. The summed E-state index contributed by atoms with van der Waals surface area (Å²) in [6.07, 6.45) is 11.2. The standard InChI is InChI=1S/C11H23O3P/c1-2-3-4-5-6-7-8-9-10-11-14-15(12)13/h2-11H2,1H3/p+1. The van der Waals surface area contributed by atoms with Crippen molar-refractivity contribution < 1.29 is 14.0 Å². The second-order valence-corrected chi connectivity index (χ2v) is 4.63. The Labute approximate surface area is 94.2 Å². The Morgan fingerprint density at radius 3 is 1.87 bits per heavy atom. The van der Waals surface area contributed by atoms with Gasteiger partial charge in [-0.3, -0.25) is 0 Å². The van der Waals surface area contributed by atoms with Crippen LogP contribution in [-0.2, 0) is 9.09 Å². The van der Waals surface area contributed by atoms with Crippen molar-refractivity contribution in [1.82, 2.24) is 0 Å². The summed E-state index contributed by atoms with van der Waals surface area (Å²) in [6.45, 7) is 2.65. The van der Waals surface area contributed by atoms with Gasteiger partial charge in [-0.25, -0.2) is 0 Å². The molecule has 0 saturated carbocycles. The van der Waals surface area contributed by atoms with Crippen LogP contribution < -0.4 is 0 Å². The van der Waals surface area contributed by atoms with E-state index in [1.54, 1.807) is 0 Å². The van der Waals surface area contributed by atoms with Crippen LogP contribution in [0.3, 0.4) is 0 Å². The predicted molar refractivity (Wildman–Crippen MR) is 63.0 cm³/mol. The van der Waals surface area contributed by atoms with Gasteiger partial charge in [0.15, 0.2) is 0 Å². The third-order valence-electron chi connectivity index (χ3n) is 2.45. The van der Waals surface area contributed by atoms with E-state index < -0.39 is 8.25 Å². The van der Waals surface area contributed by atoms with E-state index in [0.29, 0.717) is 6.61 Å². The Morgan fingerprint density at radius 1 is 0.933 bits per heavy atom. The maximum atomic E-state index is 10.2.